The number of methoxy groups -OCH3 is 2. The van der Waals surface area contributed by atoms with Crippen molar-refractivity contribution in [2.75, 3.05) is 20.8 Å². The van der Waals surface area contributed by atoms with Crippen LogP contribution in [0.15, 0.2) is 12.1 Å². The summed E-state index contributed by atoms with van der Waals surface area (Å²) in [7, 11) is 3.52. The number of nitrogens with one attached hydrogen (secondary N) is 1. The van der Waals surface area contributed by atoms with Crippen molar-refractivity contribution >= 4 is 0 Å². The van der Waals surface area contributed by atoms with E-state index in [0.717, 1.165) is 30.9 Å². The summed E-state index contributed by atoms with van der Waals surface area (Å²) >= 11 is 0. The molecule has 0 aliphatic carbocycles. The minimum atomic E-state index is 0.482. The van der Waals surface area contributed by atoms with Crippen molar-refractivity contribution in [3.05, 3.63) is 23.3 Å². The lowest BCUT2D eigenvalue weighted by atomic mass is 9.92. The topological polar surface area (TPSA) is 30.5 Å². The van der Waals surface area contributed by atoms with Gasteiger partial charge in [0, 0.05) is 11.6 Å². The zero-order chi connectivity index (χ0) is 15.2. The first kappa shape index (κ1) is 16.2. The third-order valence-corrected chi connectivity index (χ3v) is 4.65. The van der Waals surface area contributed by atoms with Crippen LogP contribution in [0.5, 0.6) is 11.5 Å². The molecule has 0 saturated carbocycles. The zero-order valence-electron chi connectivity index (χ0n) is 13.9. The van der Waals surface area contributed by atoms with E-state index in [0.29, 0.717) is 12.0 Å². The lowest BCUT2D eigenvalue weighted by molar-refractivity contribution is 0.374. The fraction of sp³-hybridized carbons (Fsp3) is 0.667. The molecule has 1 aromatic carbocycles. The van der Waals surface area contributed by atoms with Crippen molar-refractivity contribution in [1.29, 1.82) is 0 Å². The van der Waals surface area contributed by atoms with Gasteiger partial charge in [-0.2, -0.15) is 0 Å². The second kappa shape index (κ2) is 7.69. The fourth-order valence-electron chi connectivity index (χ4n) is 3.11. The van der Waals surface area contributed by atoms with Crippen LogP contribution in [0, 0.1) is 0 Å². The molecule has 2 atom stereocenters. The number of rotatable bonds is 6. The maximum atomic E-state index is 5.64. The van der Waals surface area contributed by atoms with Gasteiger partial charge in [-0.05, 0) is 55.8 Å². The Morgan fingerprint density at radius 2 is 1.95 bits per heavy atom. The van der Waals surface area contributed by atoms with Crippen molar-refractivity contribution in [2.24, 2.45) is 0 Å². The van der Waals surface area contributed by atoms with Crippen molar-refractivity contribution < 1.29 is 9.47 Å². The van der Waals surface area contributed by atoms with Gasteiger partial charge in [0.15, 0.2) is 0 Å². The maximum Gasteiger partial charge on any atom is 0.122 e. The van der Waals surface area contributed by atoms with Crippen molar-refractivity contribution in [3.63, 3.8) is 0 Å². The third-order valence-electron chi connectivity index (χ3n) is 4.65. The predicted octanol–water partition coefficient (Wildman–Crippen LogP) is 3.90. The number of piperidine rings is 1. The van der Waals surface area contributed by atoms with Crippen LogP contribution in [-0.2, 0) is 6.42 Å². The average Bonchev–Trinajstić information content (AvgIpc) is 2.54. The van der Waals surface area contributed by atoms with Crippen LogP contribution in [0.25, 0.3) is 0 Å². The Labute approximate surface area is 129 Å². The maximum absolute atomic E-state index is 5.64. The van der Waals surface area contributed by atoms with Gasteiger partial charge in [0.2, 0.25) is 0 Å². The SMILES string of the molecule is CCC(C)c1cc(OC)c(CC2CCCCN2)cc1OC. The van der Waals surface area contributed by atoms with Gasteiger partial charge in [-0.25, -0.2) is 0 Å². The van der Waals surface area contributed by atoms with Gasteiger partial charge in [0.25, 0.3) is 0 Å². The predicted molar refractivity (Wildman–Crippen MR) is 87.6 cm³/mol. The molecule has 1 fully saturated rings. The standard InChI is InChI=1S/C18H29NO2/c1-5-13(2)16-12-17(20-3)14(11-18(16)21-4)10-15-8-6-7-9-19-15/h11-13,15,19H,5-10H2,1-4H3. The van der Waals surface area contributed by atoms with Crippen LogP contribution < -0.4 is 14.8 Å². The van der Waals surface area contributed by atoms with E-state index in [1.54, 1.807) is 14.2 Å². The molecule has 0 radical (unpaired) electrons. The average molecular weight is 291 g/mol. The van der Waals surface area contributed by atoms with E-state index in [1.807, 2.05) is 0 Å². The minimum absolute atomic E-state index is 0.482. The lowest BCUT2D eigenvalue weighted by Crippen LogP contribution is -2.35. The first-order chi connectivity index (χ1) is 10.2. The van der Waals surface area contributed by atoms with E-state index in [9.17, 15) is 0 Å². The van der Waals surface area contributed by atoms with Gasteiger partial charge in [-0.15, -0.1) is 0 Å². The van der Waals surface area contributed by atoms with Gasteiger partial charge >= 0.3 is 0 Å². The molecular weight excluding hydrogens is 262 g/mol. The number of ether oxygens (including phenoxy) is 2. The summed E-state index contributed by atoms with van der Waals surface area (Å²) < 4.78 is 11.3. The Morgan fingerprint density at radius 3 is 2.52 bits per heavy atom. The second-order valence-corrected chi connectivity index (χ2v) is 6.07. The Morgan fingerprint density at radius 1 is 1.19 bits per heavy atom. The van der Waals surface area contributed by atoms with Crippen molar-refractivity contribution in [2.45, 2.75) is 57.9 Å². The largest absolute Gasteiger partial charge is 0.496 e. The third kappa shape index (κ3) is 3.91. The fourth-order valence-corrected chi connectivity index (χ4v) is 3.11. The molecule has 0 bridgehead atoms. The van der Waals surface area contributed by atoms with Crippen LogP contribution in [0.4, 0.5) is 0 Å². The molecule has 0 amide bonds. The highest BCUT2D eigenvalue weighted by Crippen LogP contribution is 2.35. The Kier molecular flexibility index (Phi) is 5.92. The molecule has 2 unspecified atom stereocenters. The molecule has 0 spiro atoms. The van der Waals surface area contributed by atoms with E-state index in [2.05, 4.69) is 31.3 Å². The van der Waals surface area contributed by atoms with Gasteiger partial charge in [0.05, 0.1) is 14.2 Å². The highest BCUT2D eigenvalue weighted by molar-refractivity contribution is 5.48. The van der Waals surface area contributed by atoms with E-state index < -0.39 is 0 Å². The summed E-state index contributed by atoms with van der Waals surface area (Å²) in [6, 6.07) is 4.91. The summed E-state index contributed by atoms with van der Waals surface area (Å²) in [5.74, 6) is 2.48. The normalized spacial score (nSPS) is 20.1. The van der Waals surface area contributed by atoms with Gasteiger partial charge in [0.1, 0.15) is 11.5 Å². The van der Waals surface area contributed by atoms with Crippen LogP contribution in [0.1, 0.15) is 56.6 Å². The van der Waals surface area contributed by atoms with Crippen LogP contribution >= 0.6 is 0 Å². The molecular formula is C18H29NO2. The quantitative estimate of drug-likeness (QED) is 0.862. The number of hydrogen-bond donors (Lipinski definition) is 1. The van der Waals surface area contributed by atoms with Crippen LogP contribution in [-0.4, -0.2) is 26.8 Å². The molecule has 118 valence electrons. The summed E-state index contributed by atoms with van der Waals surface area (Å²) in [5, 5.41) is 3.61. The molecule has 21 heavy (non-hydrogen) atoms. The van der Waals surface area contributed by atoms with Crippen molar-refractivity contribution in [3.8, 4) is 11.5 Å². The molecule has 1 aliphatic rings. The summed E-state index contributed by atoms with van der Waals surface area (Å²) in [5.41, 5.74) is 2.50. The highest BCUT2D eigenvalue weighted by Gasteiger charge is 2.19. The van der Waals surface area contributed by atoms with Crippen LogP contribution in [0.3, 0.4) is 0 Å². The van der Waals surface area contributed by atoms with E-state index in [4.69, 9.17) is 9.47 Å². The molecule has 2 rings (SSSR count). The van der Waals surface area contributed by atoms with Gasteiger partial charge in [-0.3, -0.25) is 0 Å². The molecule has 1 heterocycles. The smallest absolute Gasteiger partial charge is 0.122 e. The molecule has 1 N–H and O–H groups in total. The highest BCUT2D eigenvalue weighted by atomic mass is 16.5. The summed E-state index contributed by atoms with van der Waals surface area (Å²) in [6.45, 7) is 5.57. The molecule has 3 heteroatoms. The Bertz CT molecular complexity index is 453. The zero-order valence-corrected chi connectivity index (χ0v) is 13.9. The Balaban J connectivity index is 2.27. The monoisotopic (exact) mass is 291 g/mol. The van der Waals surface area contributed by atoms with E-state index >= 15 is 0 Å². The first-order valence-corrected chi connectivity index (χ1v) is 8.17. The number of benzene rings is 1. The molecule has 0 aromatic heterocycles. The van der Waals surface area contributed by atoms with Gasteiger partial charge in [-0.1, -0.05) is 20.3 Å². The van der Waals surface area contributed by atoms with E-state index in [-0.39, 0.29) is 0 Å². The molecule has 3 nitrogen and oxygen atoms in total. The first-order valence-electron chi connectivity index (χ1n) is 8.17. The minimum Gasteiger partial charge on any atom is -0.496 e. The molecule has 1 aromatic rings. The van der Waals surface area contributed by atoms with Crippen LogP contribution in [0.2, 0.25) is 0 Å². The lowest BCUT2D eigenvalue weighted by Gasteiger charge is -2.25. The summed E-state index contributed by atoms with van der Waals surface area (Å²) in [6.07, 6.45) is 5.98. The second-order valence-electron chi connectivity index (χ2n) is 6.07. The van der Waals surface area contributed by atoms with Gasteiger partial charge < -0.3 is 14.8 Å². The van der Waals surface area contributed by atoms with Crippen molar-refractivity contribution in [1.82, 2.24) is 5.32 Å². The molecule has 1 saturated heterocycles. The van der Waals surface area contributed by atoms with E-state index in [1.165, 1.54) is 30.4 Å². The summed E-state index contributed by atoms with van der Waals surface area (Å²) in [4.78, 5) is 0. The number of hydrogen-bond acceptors (Lipinski definition) is 3. The Hall–Kier alpha value is -1.22. The molecule has 1 aliphatic heterocycles.